The van der Waals surface area contributed by atoms with Crippen molar-refractivity contribution in [2.24, 2.45) is 0 Å². The summed E-state index contributed by atoms with van der Waals surface area (Å²) in [4.78, 5) is 21.4. The second-order valence-corrected chi connectivity index (χ2v) is 5.32. The molecule has 0 bridgehead atoms. The number of hydrogen-bond donors (Lipinski definition) is 1. The van der Waals surface area contributed by atoms with Gasteiger partial charge < -0.3 is 10.1 Å². The molecule has 0 aromatic carbocycles. The van der Waals surface area contributed by atoms with Crippen molar-refractivity contribution in [3.8, 4) is 0 Å². The van der Waals surface area contributed by atoms with Crippen LogP contribution in [0.15, 0.2) is 0 Å². The van der Waals surface area contributed by atoms with Gasteiger partial charge in [0.1, 0.15) is 12.2 Å². The number of nitro groups is 1. The highest BCUT2D eigenvalue weighted by Crippen LogP contribution is 2.36. The van der Waals surface area contributed by atoms with Crippen LogP contribution < -0.4 is 5.32 Å². The molecule has 8 nitrogen and oxygen atoms in total. The van der Waals surface area contributed by atoms with Gasteiger partial charge in [0, 0.05) is 13.2 Å². The Morgan fingerprint density at radius 3 is 2.54 bits per heavy atom. The molecule has 136 valence electrons. The van der Waals surface area contributed by atoms with Crippen LogP contribution in [0, 0.1) is 17.0 Å². The Balaban J connectivity index is 2.71. The normalized spacial score (nSPS) is 11.8. The molecule has 0 fully saturated rings. The van der Waals surface area contributed by atoms with Crippen LogP contribution in [0.4, 0.5) is 18.9 Å². The van der Waals surface area contributed by atoms with Crippen LogP contribution >= 0.6 is 0 Å². The molecule has 11 heteroatoms. The van der Waals surface area contributed by atoms with E-state index in [0.717, 1.165) is 6.92 Å². The Labute approximate surface area is 136 Å². The number of ether oxygens (including phenoxy) is 1. The third kappa shape index (κ3) is 5.48. The van der Waals surface area contributed by atoms with Crippen LogP contribution in [-0.2, 0) is 22.3 Å². The van der Waals surface area contributed by atoms with Gasteiger partial charge in [0.05, 0.1) is 11.0 Å². The van der Waals surface area contributed by atoms with Crippen LogP contribution in [-0.4, -0.2) is 39.9 Å². The SMILES string of the molecule is Cc1c([N+](=O)[O-])c(C(F)(F)F)nn1CC(=O)NCCCOC(C)C. The Bertz CT molecular complexity index is 599. The van der Waals surface area contributed by atoms with E-state index in [2.05, 4.69) is 10.4 Å². The van der Waals surface area contributed by atoms with Gasteiger partial charge >= 0.3 is 11.9 Å². The topological polar surface area (TPSA) is 99.3 Å². The van der Waals surface area contributed by atoms with E-state index in [4.69, 9.17) is 4.74 Å². The average Bonchev–Trinajstić information content (AvgIpc) is 2.75. The van der Waals surface area contributed by atoms with Crippen molar-refractivity contribution in [3.05, 3.63) is 21.5 Å². The van der Waals surface area contributed by atoms with Gasteiger partial charge in [-0.2, -0.15) is 18.3 Å². The van der Waals surface area contributed by atoms with Crippen molar-refractivity contribution < 1.29 is 27.6 Å². The van der Waals surface area contributed by atoms with Crippen molar-refractivity contribution >= 4 is 11.6 Å². The second-order valence-electron chi connectivity index (χ2n) is 5.32. The number of halogens is 3. The molecule has 1 aromatic rings. The van der Waals surface area contributed by atoms with Gasteiger partial charge in [-0.15, -0.1) is 0 Å². The number of nitrogens with zero attached hydrogens (tertiary/aromatic N) is 3. The van der Waals surface area contributed by atoms with Gasteiger partial charge in [-0.1, -0.05) is 0 Å². The highest BCUT2D eigenvalue weighted by atomic mass is 19.4. The zero-order chi connectivity index (χ0) is 18.5. The van der Waals surface area contributed by atoms with Gasteiger partial charge in [0.15, 0.2) is 0 Å². The number of rotatable bonds is 8. The minimum Gasteiger partial charge on any atom is -0.379 e. The molecule has 1 rings (SSSR count). The van der Waals surface area contributed by atoms with E-state index in [0.29, 0.717) is 17.7 Å². The van der Waals surface area contributed by atoms with Crippen molar-refractivity contribution in [2.45, 2.75) is 46.0 Å². The van der Waals surface area contributed by atoms with Crippen LogP contribution in [0.25, 0.3) is 0 Å². The summed E-state index contributed by atoms with van der Waals surface area (Å²) in [6.45, 7) is 5.02. The van der Waals surface area contributed by atoms with E-state index >= 15 is 0 Å². The van der Waals surface area contributed by atoms with Gasteiger partial charge in [-0.05, 0) is 27.2 Å². The lowest BCUT2D eigenvalue weighted by atomic mass is 10.3. The summed E-state index contributed by atoms with van der Waals surface area (Å²) < 4.78 is 44.3. The fraction of sp³-hybridized carbons (Fsp3) is 0.692. The maximum atomic E-state index is 12.8. The molecule has 0 unspecified atom stereocenters. The fourth-order valence-corrected chi connectivity index (χ4v) is 1.91. The van der Waals surface area contributed by atoms with Crippen molar-refractivity contribution in [3.63, 3.8) is 0 Å². The van der Waals surface area contributed by atoms with Crippen molar-refractivity contribution in [2.75, 3.05) is 13.2 Å². The third-order valence-corrected chi connectivity index (χ3v) is 3.01. The predicted octanol–water partition coefficient (Wildman–Crippen LogP) is 2.05. The largest absolute Gasteiger partial charge is 0.442 e. The quantitative estimate of drug-likeness (QED) is 0.438. The minimum atomic E-state index is -4.97. The van der Waals surface area contributed by atoms with Crippen LogP contribution in [0.1, 0.15) is 31.7 Å². The first-order chi connectivity index (χ1) is 11.0. The van der Waals surface area contributed by atoms with E-state index in [1.54, 1.807) is 0 Å². The van der Waals surface area contributed by atoms with E-state index in [1.807, 2.05) is 13.8 Å². The monoisotopic (exact) mass is 352 g/mol. The van der Waals surface area contributed by atoms with Gasteiger partial charge in [0.25, 0.3) is 0 Å². The molecule has 0 aliphatic carbocycles. The second kappa shape index (κ2) is 8.08. The number of alkyl halides is 3. The molecule has 0 atom stereocenters. The summed E-state index contributed by atoms with van der Waals surface area (Å²) in [6.07, 6.45) is -4.37. The number of amides is 1. The Kier molecular flexibility index (Phi) is 6.70. The summed E-state index contributed by atoms with van der Waals surface area (Å²) in [6, 6.07) is 0. The smallest absolute Gasteiger partial charge is 0.379 e. The summed E-state index contributed by atoms with van der Waals surface area (Å²) in [5, 5.41) is 16.5. The van der Waals surface area contributed by atoms with Crippen molar-refractivity contribution in [1.82, 2.24) is 15.1 Å². The number of carbonyl (C=O) groups excluding carboxylic acids is 1. The molecule has 0 spiro atoms. The minimum absolute atomic E-state index is 0.0637. The van der Waals surface area contributed by atoms with E-state index in [1.165, 1.54) is 0 Å². The molecule has 1 amide bonds. The summed E-state index contributed by atoms with van der Waals surface area (Å²) in [7, 11) is 0. The molecular weight excluding hydrogens is 333 g/mol. The number of aromatic nitrogens is 2. The lowest BCUT2D eigenvalue weighted by Crippen LogP contribution is -2.30. The standard InChI is InChI=1S/C13H19F3N4O4/c1-8(2)24-6-4-5-17-10(21)7-19-9(3)11(20(22)23)12(18-19)13(14,15)16/h8H,4-7H2,1-3H3,(H,17,21). The molecule has 0 saturated heterocycles. The van der Waals surface area contributed by atoms with E-state index in [-0.39, 0.29) is 18.3 Å². The Morgan fingerprint density at radius 2 is 2.08 bits per heavy atom. The predicted molar refractivity (Wildman–Crippen MR) is 77.3 cm³/mol. The highest BCUT2D eigenvalue weighted by molar-refractivity contribution is 5.75. The van der Waals surface area contributed by atoms with Gasteiger partial charge in [-0.3, -0.25) is 19.6 Å². The molecule has 1 N–H and O–H groups in total. The number of hydrogen-bond acceptors (Lipinski definition) is 5. The lowest BCUT2D eigenvalue weighted by molar-refractivity contribution is -0.388. The molecule has 1 aromatic heterocycles. The first-order valence-electron chi connectivity index (χ1n) is 7.21. The van der Waals surface area contributed by atoms with Crippen LogP contribution in [0.2, 0.25) is 0 Å². The molecule has 0 saturated carbocycles. The molecule has 0 aliphatic rings. The summed E-state index contributed by atoms with van der Waals surface area (Å²) in [5.41, 5.74) is -3.07. The first-order valence-corrected chi connectivity index (χ1v) is 7.21. The van der Waals surface area contributed by atoms with Crippen LogP contribution in [0.5, 0.6) is 0 Å². The third-order valence-electron chi connectivity index (χ3n) is 3.01. The van der Waals surface area contributed by atoms with E-state index in [9.17, 15) is 28.1 Å². The summed E-state index contributed by atoms with van der Waals surface area (Å²) >= 11 is 0. The average molecular weight is 352 g/mol. The molecule has 0 aliphatic heterocycles. The first kappa shape index (κ1) is 19.9. The maximum absolute atomic E-state index is 12.8. The lowest BCUT2D eigenvalue weighted by Gasteiger charge is -2.08. The van der Waals surface area contributed by atoms with Crippen LogP contribution in [0.3, 0.4) is 0 Å². The molecular formula is C13H19F3N4O4. The highest BCUT2D eigenvalue weighted by Gasteiger charge is 2.44. The Morgan fingerprint density at radius 1 is 1.46 bits per heavy atom. The summed E-state index contributed by atoms with van der Waals surface area (Å²) in [5.74, 6) is -0.589. The fourth-order valence-electron chi connectivity index (χ4n) is 1.91. The van der Waals surface area contributed by atoms with Gasteiger partial charge in [0.2, 0.25) is 11.6 Å². The number of nitrogens with one attached hydrogen (secondary N) is 1. The van der Waals surface area contributed by atoms with Crippen molar-refractivity contribution in [1.29, 1.82) is 0 Å². The molecule has 1 heterocycles. The zero-order valence-corrected chi connectivity index (χ0v) is 13.5. The maximum Gasteiger partial charge on any atom is 0.442 e. The van der Waals surface area contributed by atoms with E-state index < -0.39 is 34.9 Å². The van der Waals surface area contributed by atoms with Gasteiger partial charge in [-0.25, -0.2) is 0 Å². The molecule has 24 heavy (non-hydrogen) atoms. The Hall–Kier alpha value is -2.17. The number of carbonyl (C=O) groups is 1. The zero-order valence-electron chi connectivity index (χ0n) is 13.5. The molecule has 0 radical (unpaired) electrons.